The lowest BCUT2D eigenvalue weighted by atomic mass is 9.83. The maximum Gasteiger partial charge on any atom is 0.230 e. The molecular formula is C23H37N5O. The molecule has 29 heavy (non-hydrogen) atoms. The molecule has 1 amide bonds. The van der Waals surface area contributed by atoms with Crippen LogP contribution in [0.4, 0.5) is 5.69 Å². The number of benzene rings is 1. The van der Waals surface area contributed by atoms with Crippen LogP contribution in [0.2, 0.25) is 0 Å². The molecule has 0 spiro atoms. The zero-order valence-electron chi connectivity index (χ0n) is 18.0. The molecule has 6 nitrogen and oxygen atoms in total. The lowest BCUT2D eigenvalue weighted by Crippen LogP contribution is -2.56. The van der Waals surface area contributed by atoms with Gasteiger partial charge < -0.3 is 20.4 Å². The van der Waals surface area contributed by atoms with Gasteiger partial charge in [0.1, 0.15) is 0 Å². The van der Waals surface area contributed by atoms with Crippen molar-refractivity contribution in [3.8, 4) is 0 Å². The van der Waals surface area contributed by atoms with E-state index in [0.717, 1.165) is 77.3 Å². The largest absolute Gasteiger partial charge is 0.368 e. The average molecular weight is 400 g/mol. The Bertz CT molecular complexity index is 669. The molecule has 4 rings (SSSR count). The molecule has 0 atom stereocenters. The van der Waals surface area contributed by atoms with Gasteiger partial charge in [0, 0.05) is 71.1 Å². The first-order chi connectivity index (χ1) is 14.1. The molecule has 160 valence electrons. The molecule has 1 aromatic carbocycles. The van der Waals surface area contributed by atoms with Gasteiger partial charge in [0.25, 0.3) is 0 Å². The summed E-state index contributed by atoms with van der Waals surface area (Å²) in [4.78, 5) is 23.1. The van der Waals surface area contributed by atoms with Crippen molar-refractivity contribution in [1.29, 1.82) is 0 Å². The Morgan fingerprint density at radius 1 is 0.931 bits per heavy atom. The van der Waals surface area contributed by atoms with Crippen LogP contribution in [-0.2, 0) is 11.3 Å². The molecule has 2 N–H and O–H groups in total. The standard InChI is InChI=1S/C23H37N5O/c1-25-10-12-26(13-11-25)19-23(8-2-3-9-23)22(29)28-16-14-27(15-17-28)21-6-4-20(18-24)5-7-21/h4-7H,2-3,8-19,24H2,1H3. The summed E-state index contributed by atoms with van der Waals surface area (Å²) in [6.45, 7) is 9.47. The van der Waals surface area contributed by atoms with Crippen molar-refractivity contribution in [1.82, 2.24) is 14.7 Å². The topological polar surface area (TPSA) is 56.0 Å². The van der Waals surface area contributed by atoms with Gasteiger partial charge in [-0.15, -0.1) is 0 Å². The SMILES string of the molecule is CN1CCN(CC2(C(=O)N3CCN(c4ccc(CN)cc4)CC3)CCCC2)CC1. The molecule has 1 aliphatic carbocycles. The predicted octanol–water partition coefficient (Wildman–Crippen LogP) is 1.60. The molecule has 0 radical (unpaired) electrons. The van der Waals surface area contributed by atoms with E-state index in [0.29, 0.717) is 12.5 Å². The van der Waals surface area contributed by atoms with Crippen molar-refractivity contribution >= 4 is 11.6 Å². The Hall–Kier alpha value is -1.63. The third-order valence-electron chi connectivity index (χ3n) is 7.24. The number of anilines is 1. The van der Waals surface area contributed by atoms with Crippen LogP contribution in [0.25, 0.3) is 0 Å². The number of rotatable bonds is 5. The Kier molecular flexibility index (Phi) is 6.42. The molecule has 0 aromatic heterocycles. The first kappa shape index (κ1) is 20.6. The third kappa shape index (κ3) is 4.60. The fourth-order valence-corrected chi connectivity index (χ4v) is 5.27. The number of hydrogen-bond donors (Lipinski definition) is 1. The lowest BCUT2D eigenvalue weighted by Gasteiger charge is -2.43. The van der Waals surface area contributed by atoms with Crippen LogP contribution in [0, 0.1) is 5.41 Å². The third-order valence-corrected chi connectivity index (χ3v) is 7.24. The zero-order chi connectivity index (χ0) is 20.3. The van der Waals surface area contributed by atoms with Crippen LogP contribution in [-0.4, -0.2) is 86.6 Å². The maximum atomic E-state index is 13.6. The highest BCUT2D eigenvalue weighted by molar-refractivity contribution is 5.83. The van der Waals surface area contributed by atoms with Crippen molar-refractivity contribution in [3.63, 3.8) is 0 Å². The minimum absolute atomic E-state index is 0.138. The lowest BCUT2D eigenvalue weighted by molar-refractivity contribution is -0.143. The summed E-state index contributed by atoms with van der Waals surface area (Å²) in [5.74, 6) is 0.423. The first-order valence-electron chi connectivity index (χ1n) is 11.3. The first-order valence-corrected chi connectivity index (χ1v) is 11.3. The fourth-order valence-electron chi connectivity index (χ4n) is 5.27. The zero-order valence-corrected chi connectivity index (χ0v) is 18.0. The summed E-state index contributed by atoms with van der Waals surface area (Å²) in [7, 11) is 2.19. The van der Waals surface area contributed by atoms with Gasteiger partial charge in [0.15, 0.2) is 0 Å². The average Bonchev–Trinajstić information content (AvgIpc) is 3.25. The molecule has 2 saturated heterocycles. The fraction of sp³-hybridized carbons (Fsp3) is 0.696. The maximum absolute atomic E-state index is 13.6. The van der Waals surface area contributed by atoms with E-state index in [1.807, 2.05) is 0 Å². The van der Waals surface area contributed by atoms with Gasteiger partial charge in [0.2, 0.25) is 5.91 Å². The molecule has 2 heterocycles. The van der Waals surface area contributed by atoms with E-state index in [-0.39, 0.29) is 5.41 Å². The minimum atomic E-state index is -0.138. The quantitative estimate of drug-likeness (QED) is 0.815. The molecule has 3 aliphatic rings. The molecule has 6 heteroatoms. The summed E-state index contributed by atoms with van der Waals surface area (Å²) >= 11 is 0. The summed E-state index contributed by atoms with van der Waals surface area (Å²) < 4.78 is 0. The highest BCUT2D eigenvalue weighted by Gasteiger charge is 2.45. The van der Waals surface area contributed by atoms with E-state index in [1.165, 1.54) is 18.5 Å². The summed E-state index contributed by atoms with van der Waals surface area (Å²) in [5.41, 5.74) is 7.97. The number of carbonyl (C=O) groups excluding carboxylic acids is 1. The van der Waals surface area contributed by atoms with Crippen LogP contribution in [0.5, 0.6) is 0 Å². The number of nitrogens with zero attached hydrogens (tertiary/aromatic N) is 4. The van der Waals surface area contributed by atoms with Gasteiger partial charge in [0.05, 0.1) is 5.41 Å². The van der Waals surface area contributed by atoms with Crippen molar-refractivity contribution in [2.75, 3.05) is 70.9 Å². The summed E-state index contributed by atoms with van der Waals surface area (Å²) in [6.07, 6.45) is 4.54. The van der Waals surface area contributed by atoms with E-state index >= 15 is 0 Å². The minimum Gasteiger partial charge on any atom is -0.368 e. The Balaban J connectivity index is 1.36. The van der Waals surface area contributed by atoms with E-state index in [4.69, 9.17) is 5.73 Å². The van der Waals surface area contributed by atoms with Gasteiger partial charge in [-0.1, -0.05) is 25.0 Å². The number of amides is 1. The van der Waals surface area contributed by atoms with Crippen LogP contribution >= 0.6 is 0 Å². The van der Waals surface area contributed by atoms with E-state index in [9.17, 15) is 4.79 Å². The Morgan fingerprint density at radius 2 is 1.55 bits per heavy atom. The van der Waals surface area contributed by atoms with Crippen molar-refractivity contribution in [2.45, 2.75) is 32.2 Å². The number of hydrogen-bond acceptors (Lipinski definition) is 5. The second kappa shape index (κ2) is 9.02. The molecule has 2 aliphatic heterocycles. The highest BCUT2D eigenvalue weighted by Crippen LogP contribution is 2.41. The van der Waals surface area contributed by atoms with Gasteiger partial charge in [-0.3, -0.25) is 9.69 Å². The molecule has 1 saturated carbocycles. The van der Waals surface area contributed by atoms with Crippen LogP contribution < -0.4 is 10.6 Å². The van der Waals surface area contributed by atoms with E-state index in [1.54, 1.807) is 0 Å². The second-order valence-electron chi connectivity index (χ2n) is 9.22. The smallest absolute Gasteiger partial charge is 0.230 e. The monoisotopic (exact) mass is 399 g/mol. The molecule has 3 fully saturated rings. The number of likely N-dealkylation sites (N-methyl/N-ethyl adjacent to an activating group) is 1. The van der Waals surface area contributed by atoms with E-state index in [2.05, 4.69) is 50.9 Å². The summed E-state index contributed by atoms with van der Waals surface area (Å²) in [6, 6.07) is 8.53. The van der Waals surface area contributed by atoms with Gasteiger partial charge in [-0.25, -0.2) is 0 Å². The number of nitrogens with two attached hydrogens (primary N) is 1. The number of piperazine rings is 2. The van der Waals surface area contributed by atoms with Crippen molar-refractivity contribution in [3.05, 3.63) is 29.8 Å². The summed E-state index contributed by atoms with van der Waals surface area (Å²) in [5, 5.41) is 0. The normalized spacial score (nSPS) is 23.5. The Morgan fingerprint density at radius 3 is 2.14 bits per heavy atom. The second-order valence-corrected chi connectivity index (χ2v) is 9.22. The van der Waals surface area contributed by atoms with E-state index < -0.39 is 0 Å². The van der Waals surface area contributed by atoms with Gasteiger partial charge >= 0.3 is 0 Å². The van der Waals surface area contributed by atoms with Crippen LogP contribution in [0.1, 0.15) is 31.2 Å². The van der Waals surface area contributed by atoms with Gasteiger partial charge in [-0.05, 0) is 37.6 Å². The molecule has 0 unspecified atom stereocenters. The van der Waals surface area contributed by atoms with Crippen LogP contribution in [0.3, 0.4) is 0 Å². The molecular weight excluding hydrogens is 362 g/mol. The van der Waals surface area contributed by atoms with Gasteiger partial charge in [-0.2, -0.15) is 0 Å². The molecule has 1 aromatic rings. The Labute approximate surface area is 175 Å². The highest BCUT2D eigenvalue weighted by atomic mass is 16.2. The van der Waals surface area contributed by atoms with Crippen molar-refractivity contribution < 1.29 is 4.79 Å². The molecule has 0 bridgehead atoms. The van der Waals surface area contributed by atoms with Crippen LogP contribution in [0.15, 0.2) is 24.3 Å². The number of carbonyl (C=O) groups is 1. The van der Waals surface area contributed by atoms with Crippen molar-refractivity contribution in [2.24, 2.45) is 11.1 Å². The predicted molar refractivity (Wildman–Crippen MR) is 118 cm³/mol.